The number of halogens is 3. The number of carbonyl (C=O) groups is 1. The first kappa shape index (κ1) is 25.6. The fourth-order valence-corrected chi connectivity index (χ4v) is 4.13. The van der Waals surface area contributed by atoms with Crippen molar-refractivity contribution in [1.29, 1.82) is 0 Å². The highest BCUT2D eigenvalue weighted by Gasteiger charge is 2.34. The van der Waals surface area contributed by atoms with E-state index in [-0.39, 0.29) is 5.92 Å². The molecule has 4 rings (SSSR count). The fraction of sp³-hybridized carbons (Fsp3) is 0.417. The number of carbonyl (C=O) groups excluding carboxylic acids is 1. The second-order valence-corrected chi connectivity index (χ2v) is 9.70. The maximum Gasteiger partial charge on any atom is 0.262 e. The summed E-state index contributed by atoms with van der Waals surface area (Å²) in [5.41, 5.74) is 0.00998. The summed E-state index contributed by atoms with van der Waals surface area (Å²) in [6.45, 7) is 3.12. The number of aliphatic imine (C=N–C) groups is 1. The minimum atomic E-state index is -3.04. The highest BCUT2D eigenvalue weighted by molar-refractivity contribution is 6.30. The van der Waals surface area contributed by atoms with Crippen LogP contribution in [0.15, 0.2) is 34.6 Å². The van der Waals surface area contributed by atoms with Crippen molar-refractivity contribution in [2.24, 2.45) is 10.9 Å². The van der Waals surface area contributed by atoms with Crippen LogP contribution in [0, 0.1) is 5.92 Å². The molecule has 0 saturated carbocycles. The Balaban J connectivity index is 1.78. The molecule has 0 saturated heterocycles. The van der Waals surface area contributed by atoms with Crippen LogP contribution < -0.4 is 25.4 Å². The first-order valence-corrected chi connectivity index (χ1v) is 11.6. The summed E-state index contributed by atoms with van der Waals surface area (Å²) in [6, 6.07) is 3.41. The zero-order valence-corrected chi connectivity index (χ0v) is 21.3. The Hall–Kier alpha value is -3.47. The molecule has 3 N–H and O–H groups in total. The van der Waals surface area contributed by atoms with Gasteiger partial charge in [0.2, 0.25) is 5.91 Å². The molecule has 3 heterocycles. The Morgan fingerprint density at radius 1 is 1.19 bits per heavy atom. The topological polar surface area (TPSA) is 110 Å². The van der Waals surface area contributed by atoms with E-state index in [1.54, 1.807) is 38.4 Å². The third-order valence-corrected chi connectivity index (χ3v) is 6.09. The monoisotopic (exact) mass is 520 g/mol. The van der Waals surface area contributed by atoms with Gasteiger partial charge < -0.3 is 25.4 Å². The molecule has 36 heavy (non-hydrogen) atoms. The summed E-state index contributed by atoms with van der Waals surface area (Å²) in [5, 5.41) is 9.70. The van der Waals surface area contributed by atoms with Crippen molar-refractivity contribution in [1.82, 2.24) is 20.6 Å². The molecule has 12 heteroatoms. The fourth-order valence-electron chi connectivity index (χ4n) is 3.93. The summed E-state index contributed by atoms with van der Waals surface area (Å²) in [5.74, 6) is -1.45. The van der Waals surface area contributed by atoms with E-state index in [2.05, 4.69) is 20.9 Å². The second kappa shape index (κ2) is 9.53. The van der Waals surface area contributed by atoms with Gasteiger partial charge in [0, 0.05) is 41.4 Å². The average molecular weight is 521 g/mol. The van der Waals surface area contributed by atoms with Crippen molar-refractivity contribution in [3.8, 4) is 11.5 Å². The standard InChI is InChI=1S/C24H27ClF2N6O3/c1-23(2,22(34)30-11-24(3,26)27)33-21-14-7-17(35-4)18(36-5)8-16(14)31-20(32-21)15-10-29-19-13(15)6-12(25)9-28-19/h7-10,13H,6,11H2,1-5H3,(H,28,29)(H,30,34)(H,31,32,33). The largest absolute Gasteiger partial charge is 0.493 e. The molecule has 1 aromatic heterocycles. The van der Waals surface area contributed by atoms with E-state index in [1.807, 2.05) is 0 Å². The predicted molar refractivity (Wildman–Crippen MR) is 135 cm³/mol. The zero-order valence-electron chi connectivity index (χ0n) is 20.5. The molecular formula is C24H27ClF2N6O3. The molecule has 1 atom stereocenters. The molecule has 1 aromatic carbocycles. The number of rotatable bonds is 8. The van der Waals surface area contributed by atoms with Crippen molar-refractivity contribution in [3.05, 3.63) is 35.4 Å². The third-order valence-electron chi connectivity index (χ3n) is 5.84. The van der Waals surface area contributed by atoms with Gasteiger partial charge in [-0.1, -0.05) is 11.6 Å². The number of anilines is 1. The van der Waals surface area contributed by atoms with Crippen LogP contribution in [0.1, 0.15) is 33.0 Å². The lowest BCUT2D eigenvalue weighted by Crippen LogP contribution is -2.50. The van der Waals surface area contributed by atoms with E-state index >= 15 is 0 Å². The van der Waals surface area contributed by atoms with Crippen molar-refractivity contribution >= 4 is 45.6 Å². The molecule has 2 aromatic rings. The van der Waals surface area contributed by atoms with Gasteiger partial charge in [-0.3, -0.25) is 4.79 Å². The van der Waals surface area contributed by atoms with Crippen LogP contribution in [0.4, 0.5) is 14.6 Å². The number of allylic oxidation sites excluding steroid dienone is 1. The maximum absolute atomic E-state index is 13.3. The van der Waals surface area contributed by atoms with E-state index in [1.165, 1.54) is 14.2 Å². The lowest BCUT2D eigenvalue weighted by Gasteiger charge is -2.27. The number of ether oxygens (including phenoxy) is 2. The maximum atomic E-state index is 13.3. The van der Waals surface area contributed by atoms with E-state index in [0.717, 1.165) is 18.3 Å². The molecule has 1 unspecified atom stereocenters. The number of alkyl halides is 2. The summed E-state index contributed by atoms with van der Waals surface area (Å²) in [6.07, 6.45) is 3.91. The van der Waals surface area contributed by atoms with Gasteiger partial charge in [-0.15, -0.1) is 0 Å². The molecule has 0 fully saturated rings. The number of methoxy groups -OCH3 is 2. The van der Waals surface area contributed by atoms with E-state index < -0.39 is 23.9 Å². The summed E-state index contributed by atoms with van der Waals surface area (Å²) < 4.78 is 37.5. The minimum Gasteiger partial charge on any atom is -0.493 e. The van der Waals surface area contributed by atoms with Gasteiger partial charge in [-0.25, -0.2) is 23.7 Å². The van der Waals surface area contributed by atoms with E-state index in [9.17, 15) is 13.6 Å². The number of benzene rings is 1. The number of fused-ring (bicyclic) bond motifs is 2. The Morgan fingerprint density at radius 3 is 2.56 bits per heavy atom. The Kier molecular flexibility index (Phi) is 6.78. The molecule has 0 bridgehead atoms. The second-order valence-electron chi connectivity index (χ2n) is 9.21. The first-order chi connectivity index (χ1) is 16.9. The quantitative estimate of drug-likeness (QED) is 0.481. The number of aromatic nitrogens is 2. The smallest absolute Gasteiger partial charge is 0.262 e. The van der Waals surface area contributed by atoms with Crippen molar-refractivity contribution < 1.29 is 23.0 Å². The molecule has 9 nitrogen and oxygen atoms in total. The van der Waals surface area contributed by atoms with Gasteiger partial charge in [0.25, 0.3) is 5.92 Å². The predicted octanol–water partition coefficient (Wildman–Crippen LogP) is 4.05. The van der Waals surface area contributed by atoms with Crippen LogP contribution in [0.25, 0.3) is 16.5 Å². The van der Waals surface area contributed by atoms with Gasteiger partial charge in [0.1, 0.15) is 17.2 Å². The van der Waals surface area contributed by atoms with Gasteiger partial charge >= 0.3 is 0 Å². The Morgan fingerprint density at radius 2 is 1.89 bits per heavy atom. The number of hydrogen-bond donors (Lipinski definition) is 3. The van der Waals surface area contributed by atoms with Crippen LogP contribution in [0.2, 0.25) is 0 Å². The van der Waals surface area contributed by atoms with Crippen LogP contribution in [0.5, 0.6) is 11.5 Å². The van der Waals surface area contributed by atoms with Gasteiger partial charge in [0.15, 0.2) is 17.3 Å². The third kappa shape index (κ3) is 5.20. The van der Waals surface area contributed by atoms with E-state index in [0.29, 0.717) is 45.5 Å². The van der Waals surface area contributed by atoms with E-state index in [4.69, 9.17) is 31.0 Å². The summed E-state index contributed by atoms with van der Waals surface area (Å²) in [7, 11) is 3.02. The SMILES string of the molecule is COc1cc2nc(C3=CNC4=NC=C(Cl)CC34)nc(NC(C)(C)C(=O)NCC(C)(F)F)c2cc1OC. The number of nitrogens with zero attached hydrogens (tertiary/aromatic N) is 3. The highest BCUT2D eigenvalue weighted by Crippen LogP contribution is 2.39. The molecule has 2 aliphatic heterocycles. The molecule has 0 aliphatic carbocycles. The first-order valence-electron chi connectivity index (χ1n) is 11.2. The summed E-state index contributed by atoms with van der Waals surface area (Å²) >= 11 is 6.24. The van der Waals surface area contributed by atoms with Crippen LogP contribution in [-0.2, 0) is 4.79 Å². The number of hydrogen-bond acceptors (Lipinski definition) is 8. The minimum absolute atomic E-state index is 0.156. The lowest BCUT2D eigenvalue weighted by atomic mass is 9.95. The Bertz CT molecular complexity index is 1300. The molecule has 1 amide bonds. The van der Waals surface area contributed by atoms with Crippen molar-refractivity contribution in [3.63, 3.8) is 0 Å². The molecule has 0 radical (unpaired) electrons. The van der Waals surface area contributed by atoms with Crippen molar-refractivity contribution in [2.75, 3.05) is 26.1 Å². The van der Waals surface area contributed by atoms with Crippen LogP contribution in [-0.4, -0.2) is 53.9 Å². The average Bonchev–Trinajstić information content (AvgIpc) is 3.23. The lowest BCUT2D eigenvalue weighted by molar-refractivity contribution is -0.126. The molecular weight excluding hydrogens is 494 g/mol. The summed E-state index contributed by atoms with van der Waals surface area (Å²) in [4.78, 5) is 26.6. The van der Waals surface area contributed by atoms with Gasteiger partial charge in [-0.2, -0.15) is 0 Å². The molecule has 192 valence electrons. The number of amides is 1. The van der Waals surface area contributed by atoms with Gasteiger partial charge in [-0.05, 0) is 26.3 Å². The zero-order chi connectivity index (χ0) is 26.3. The van der Waals surface area contributed by atoms with Crippen molar-refractivity contribution in [2.45, 2.75) is 38.7 Å². The molecule has 2 aliphatic rings. The molecule has 0 spiro atoms. The van der Waals surface area contributed by atoms with Crippen LogP contribution >= 0.6 is 11.6 Å². The Labute approximate surface area is 212 Å². The van der Waals surface area contributed by atoms with Gasteiger partial charge in [0.05, 0.1) is 32.2 Å². The number of nitrogens with one attached hydrogen (secondary N) is 3. The number of amidine groups is 1. The normalized spacial score (nSPS) is 17.4. The highest BCUT2D eigenvalue weighted by atomic mass is 35.5. The van der Waals surface area contributed by atoms with Crippen LogP contribution in [0.3, 0.4) is 0 Å².